The normalized spacial score (nSPS) is 20.1. The Morgan fingerprint density at radius 3 is 2.84 bits per heavy atom. The van der Waals surface area contributed by atoms with Gasteiger partial charge in [0.05, 0.1) is 5.92 Å². The van der Waals surface area contributed by atoms with Crippen molar-refractivity contribution in [1.29, 1.82) is 0 Å². The zero-order valence-electron chi connectivity index (χ0n) is 13.9. The van der Waals surface area contributed by atoms with Gasteiger partial charge in [0.25, 0.3) is 0 Å². The van der Waals surface area contributed by atoms with Crippen LogP contribution in [0, 0.1) is 17.6 Å². The molecule has 0 radical (unpaired) electrons. The summed E-state index contributed by atoms with van der Waals surface area (Å²) in [5.41, 5.74) is 2.58. The van der Waals surface area contributed by atoms with Gasteiger partial charge in [-0.05, 0) is 49.2 Å². The van der Waals surface area contributed by atoms with Crippen LogP contribution < -0.4 is 4.90 Å². The van der Waals surface area contributed by atoms with Crippen molar-refractivity contribution in [3.63, 3.8) is 0 Å². The molecule has 2 aromatic carbocycles. The molecule has 0 N–H and O–H groups in total. The van der Waals surface area contributed by atoms with E-state index in [-0.39, 0.29) is 11.8 Å². The lowest BCUT2D eigenvalue weighted by Gasteiger charge is -2.22. The Balaban J connectivity index is 1.43. The summed E-state index contributed by atoms with van der Waals surface area (Å²) >= 11 is 0. The van der Waals surface area contributed by atoms with Gasteiger partial charge in [-0.1, -0.05) is 18.2 Å². The lowest BCUT2D eigenvalue weighted by molar-refractivity contribution is -0.121. The zero-order chi connectivity index (χ0) is 17.4. The summed E-state index contributed by atoms with van der Waals surface area (Å²) in [4.78, 5) is 16.8. The van der Waals surface area contributed by atoms with Gasteiger partial charge in [-0.25, -0.2) is 8.78 Å². The summed E-state index contributed by atoms with van der Waals surface area (Å²) in [6, 6.07) is 11.5. The molecule has 1 amide bonds. The van der Waals surface area contributed by atoms with Gasteiger partial charge in [-0.15, -0.1) is 0 Å². The highest BCUT2D eigenvalue weighted by molar-refractivity contribution is 5.97. The zero-order valence-corrected chi connectivity index (χ0v) is 13.9. The molecule has 2 aliphatic rings. The number of amides is 1. The number of carbonyl (C=O) groups is 1. The van der Waals surface area contributed by atoms with Crippen molar-refractivity contribution < 1.29 is 13.6 Å². The number of rotatable bonds is 3. The molecule has 3 nitrogen and oxygen atoms in total. The van der Waals surface area contributed by atoms with Gasteiger partial charge in [0.2, 0.25) is 5.91 Å². The first-order valence-electron chi connectivity index (χ1n) is 8.67. The van der Waals surface area contributed by atoms with Crippen molar-refractivity contribution in [2.75, 3.05) is 24.5 Å². The third-order valence-corrected chi connectivity index (χ3v) is 5.18. The van der Waals surface area contributed by atoms with Crippen LogP contribution in [-0.2, 0) is 17.8 Å². The Bertz CT molecular complexity index is 808. The second-order valence-corrected chi connectivity index (χ2v) is 6.83. The molecular weight excluding hydrogens is 322 g/mol. The number of fused-ring (bicyclic) bond motifs is 1. The summed E-state index contributed by atoms with van der Waals surface area (Å²) in [7, 11) is 0. The lowest BCUT2D eigenvalue weighted by Crippen LogP contribution is -2.36. The maximum Gasteiger partial charge on any atom is 0.231 e. The van der Waals surface area contributed by atoms with Crippen LogP contribution in [-0.4, -0.2) is 30.4 Å². The summed E-state index contributed by atoms with van der Waals surface area (Å²) in [5, 5.41) is 0. The fraction of sp³-hybridized carbons (Fsp3) is 0.350. The standard InChI is InChI=1S/C20H20F2N2O/c21-17-5-6-18(22)16(11-17)13-23-9-7-15(12-23)20(25)24-10-8-14-3-1-2-4-19(14)24/h1-6,11,15H,7-10,12-13H2. The molecule has 1 fully saturated rings. The van der Waals surface area contributed by atoms with Crippen molar-refractivity contribution >= 4 is 11.6 Å². The van der Waals surface area contributed by atoms with Crippen LogP contribution in [0.15, 0.2) is 42.5 Å². The Morgan fingerprint density at radius 2 is 1.96 bits per heavy atom. The van der Waals surface area contributed by atoms with E-state index in [1.54, 1.807) is 0 Å². The van der Waals surface area contributed by atoms with Crippen LogP contribution in [0.1, 0.15) is 17.5 Å². The van der Waals surface area contributed by atoms with E-state index in [0.29, 0.717) is 18.7 Å². The lowest BCUT2D eigenvalue weighted by atomic mass is 10.1. The molecule has 0 saturated carbocycles. The third kappa shape index (κ3) is 3.16. The first-order chi connectivity index (χ1) is 12.1. The Labute approximate surface area is 145 Å². The highest BCUT2D eigenvalue weighted by atomic mass is 19.1. The van der Waals surface area contributed by atoms with E-state index in [1.807, 2.05) is 28.0 Å². The molecule has 0 aromatic heterocycles. The average molecular weight is 342 g/mol. The van der Waals surface area contributed by atoms with E-state index < -0.39 is 11.6 Å². The monoisotopic (exact) mass is 342 g/mol. The SMILES string of the molecule is O=C(C1CCN(Cc2cc(F)ccc2F)C1)N1CCc2ccccc21. The minimum atomic E-state index is -0.433. The summed E-state index contributed by atoms with van der Waals surface area (Å²) in [6.45, 7) is 2.38. The molecular formula is C20H20F2N2O. The summed E-state index contributed by atoms with van der Waals surface area (Å²) in [5.74, 6) is -0.767. The average Bonchev–Trinajstić information content (AvgIpc) is 3.24. The molecule has 25 heavy (non-hydrogen) atoms. The quantitative estimate of drug-likeness (QED) is 0.854. The maximum atomic E-state index is 13.8. The Kier molecular flexibility index (Phi) is 4.25. The molecule has 4 rings (SSSR count). The molecule has 1 unspecified atom stereocenters. The highest BCUT2D eigenvalue weighted by Gasteiger charge is 2.34. The largest absolute Gasteiger partial charge is 0.312 e. The molecule has 130 valence electrons. The van der Waals surface area contributed by atoms with E-state index in [4.69, 9.17) is 0 Å². The van der Waals surface area contributed by atoms with Gasteiger partial charge in [0, 0.05) is 30.9 Å². The van der Waals surface area contributed by atoms with Crippen molar-refractivity contribution in [1.82, 2.24) is 4.90 Å². The molecule has 5 heteroatoms. The second-order valence-electron chi connectivity index (χ2n) is 6.83. The molecule has 0 aliphatic carbocycles. The topological polar surface area (TPSA) is 23.6 Å². The fourth-order valence-corrected chi connectivity index (χ4v) is 3.87. The summed E-state index contributed by atoms with van der Waals surface area (Å²) in [6.07, 6.45) is 1.65. The number of anilines is 1. The second kappa shape index (κ2) is 6.56. The van der Waals surface area contributed by atoms with Crippen molar-refractivity contribution in [2.24, 2.45) is 5.92 Å². The van der Waals surface area contributed by atoms with Crippen LogP contribution >= 0.6 is 0 Å². The molecule has 0 spiro atoms. The van der Waals surface area contributed by atoms with Crippen LogP contribution in [0.4, 0.5) is 14.5 Å². The van der Waals surface area contributed by atoms with Gasteiger partial charge in [0.15, 0.2) is 0 Å². The van der Waals surface area contributed by atoms with E-state index in [1.165, 1.54) is 11.6 Å². The first kappa shape index (κ1) is 16.2. The highest BCUT2D eigenvalue weighted by Crippen LogP contribution is 2.31. The molecule has 1 atom stereocenters. The third-order valence-electron chi connectivity index (χ3n) is 5.18. The number of likely N-dealkylation sites (tertiary alicyclic amines) is 1. The number of hydrogen-bond acceptors (Lipinski definition) is 2. The van der Waals surface area contributed by atoms with Gasteiger partial charge in [0.1, 0.15) is 11.6 Å². The number of para-hydroxylation sites is 1. The van der Waals surface area contributed by atoms with Crippen molar-refractivity contribution in [2.45, 2.75) is 19.4 Å². The minimum absolute atomic E-state index is 0.0808. The fourth-order valence-electron chi connectivity index (χ4n) is 3.87. The van der Waals surface area contributed by atoms with Gasteiger partial charge in [-0.3, -0.25) is 9.69 Å². The predicted octanol–water partition coefficient (Wildman–Crippen LogP) is 3.38. The molecule has 2 aromatic rings. The van der Waals surface area contributed by atoms with E-state index in [2.05, 4.69) is 6.07 Å². The first-order valence-corrected chi connectivity index (χ1v) is 8.67. The Morgan fingerprint density at radius 1 is 1.12 bits per heavy atom. The van der Waals surface area contributed by atoms with Crippen molar-refractivity contribution in [3.05, 3.63) is 65.2 Å². The van der Waals surface area contributed by atoms with Crippen LogP contribution in [0.5, 0.6) is 0 Å². The number of halogens is 2. The van der Waals surface area contributed by atoms with Crippen molar-refractivity contribution in [3.8, 4) is 0 Å². The van der Waals surface area contributed by atoms with Gasteiger partial charge < -0.3 is 4.90 Å². The number of nitrogens with zero attached hydrogens (tertiary/aromatic N) is 2. The molecule has 2 heterocycles. The molecule has 1 saturated heterocycles. The minimum Gasteiger partial charge on any atom is -0.312 e. The molecule has 0 bridgehead atoms. The van der Waals surface area contributed by atoms with E-state index in [0.717, 1.165) is 43.8 Å². The number of benzene rings is 2. The van der Waals surface area contributed by atoms with Crippen LogP contribution in [0.3, 0.4) is 0 Å². The van der Waals surface area contributed by atoms with Gasteiger partial charge >= 0.3 is 0 Å². The Hall–Kier alpha value is -2.27. The predicted molar refractivity (Wildman–Crippen MR) is 92.2 cm³/mol. The molecule has 2 aliphatic heterocycles. The van der Waals surface area contributed by atoms with Crippen LogP contribution in [0.25, 0.3) is 0 Å². The maximum absolute atomic E-state index is 13.8. The van der Waals surface area contributed by atoms with Gasteiger partial charge in [-0.2, -0.15) is 0 Å². The van der Waals surface area contributed by atoms with E-state index in [9.17, 15) is 13.6 Å². The smallest absolute Gasteiger partial charge is 0.231 e. The van der Waals surface area contributed by atoms with E-state index >= 15 is 0 Å². The van der Waals surface area contributed by atoms with Crippen LogP contribution in [0.2, 0.25) is 0 Å². The summed E-state index contributed by atoms with van der Waals surface area (Å²) < 4.78 is 27.1. The number of hydrogen-bond donors (Lipinski definition) is 0. The number of carbonyl (C=O) groups excluding carboxylic acids is 1.